The summed E-state index contributed by atoms with van der Waals surface area (Å²) in [4.78, 5) is 2.75. The molecule has 0 aromatic carbocycles. The van der Waals surface area contributed by atoms with E-state index in [9.17, 15) is 26.5 Å². The molecular formula is C5H10F6O. The lowest BCUT2D eigenvalue weighted by atomic mass is 10.5. The van der Waals surface area contributed by atoms with Gasteiger partial charge in [0, 0.05) is 6.42 Å². The van der Waals surface area contributed by atoms with Crippen LogP contribution in [0.15, 0.2) is 0 Å². The van der Waals surface area contributed by atoms with Crippen molar-refractivity contribution in [2.45, 2.75) is 19.5 Å². The molecular weight excluding hydrogens is 190 g/mol. The van der Waals surface area contributed by atoms with Crippen LogP contribution in [0.5, 0.6) is 0 Å². The molecule has 7 heteroatoms. The van der Waals surface area contributed by atoms with Gasteiger partial charge >= 0.3 is 6.18 Å². The van der Waals surface area contributed by atoms with E-state index in [1.165, 1.54) is 0 Å². The molecule has 0 amide bonds. The van der Waals surface area contributed by atoms with Gasteiger partial charge in [-0.25, -0.2) is 8.78 Å². The minimum absolute atomic E-state index is 0.729. The maximum absolute atomic E-state index is 10.8. The molecule has 0 atom stereocenters. The topological polar surface area (TPSA) is 9.23 Å². The largest absolute Gasteiger partial charge is 0.388 e. The molecule has 0 aromatic rings. The molecule has 0 saturated carbocycles. The van der Waals surface area contributed by atoms with Crippen molar-refractivity contribution in [3.8, 4) is 0 Å². The van der Waals surface area contributed by atoms with Gasteiger partial charge in [-0.1, -0.05) is 6.92 Å². The summed E-state index contributed by atoms with van der Waals surface area (Å²) in [5, 5.41) is 0. The third-order valence-corrected chi connectivity index (χ3v) is 0.401. The molecule has 0 rings (SSSR count). The van der Waals surface area contributed by atoms with E-state index in [2.05, 4.69) is 4.94 Å². The van der Waals surface area contributed by atoms with Crippen LogP contribution in [0.3, 0.4) is 0 Å². The van der Waals surface area contributed by atoms with Crippen LogP contribution in [0.25, 0.3) is 0 Å². The fourth-order valence-electron chi connectivity index (χ4n) is 0. The van der Waals surface area contributed by atoms with Gasteiger partial charge in [0.15, 0.2) is 0 Å². The van der Waals surface area contributed by atoms with Crippen molar-refractivity contribution < 1.29 is 31.4 Å². The Balaban J connectivity index is -0.000000115. The van der Waals surface area contributed by atoms with E-state index in [4.69, 9.17) is 0 Å². The van der Waals surface area contributed by atoms with E-state index in [1.807, 2.05) is 0 Å². The normalized spacial score (nSPS) is 9.00. The minimum Gasteiger partial charge on any atom is -0.214 e. The number of rotatable bonds is 0. The fourth-order valence-corrected chi connectivity index (χ4v) is 0. The lowest BCUT2D eigenvalue weighted by Crippen LogP contribution is -2.02. The molecule has 0 aromatic heterocycles. The molecule has 1 nitrogen and oxygen atoms in total. The van der Waals surface area contributed by atoms with Gasteiger partial charge in [-0.05, 0) is 4.53 Å². The van der Waals surface area contributed by atoms with Crippen molar-refractivity contribution in [2.24, 2.45) is 0 Å². The summed E-state index contributed by atoms with van der Waals surface area (Å²) >= 11 is 0. The van der Waals surface area contributed by atoms with E-state index in [-0.39, 0.29) is 0 Å². The van der Waals surface area contributed by atoms with Crippen molar-refractivity contribution in [1.82, 2.24) is 0 Å². The van der Waals surface area contributed by atoms with Crippen LogP contribution in [-0.2, 0) is 4.94 Å². The summed E-state index contributed by atoms with van der Waals surface area (Å²) in [5.41, 5.74) is 0. The number of alkyl halides is 5. The van der Waals surface area contributed by atoms with Gasteiger partial charge in [-0.3, -0.25) is 0 Å². The summed E-state index contributed by atoms with van der Waals surface area (Å²) in [6.45, 7) is -0.667. The molecule has 0 aliphatic rings. The predicted octanol–water partition coefficient (Wildman–Crippen LogP) is 3.36. The maximum Gasteiger partial charge on any atom is 0.388 e. The summed E-state index contributed by atoms with van der Waals surface area (Å²) < 4.78 is 61.4. The van der Waals surface area contributed by atoms with Gasteiger partial charge in [0.1, 0.15) is 0 Å². The summed E-state index contributed by atoms with van der Waals surface area (Å²) in [6, 6.07) is 0. The molecule has 0 N–H and O–H groups in total. The Bertz CT molecular complexity index is 61.4. The molecule has 0 spiro atoms. The van der Waals surface area contributed by atoms with Gasteiger partial charge < -0.3 is 0 Å². The first-order valence-corrected chi connectivity index (χ1v) is 2.72. The van der Waals surface area contributed by atoms with Crippen LogP contribution >= 0.6 is 0 Å². The highest BCUT2D eigenvalue weighted by molar-refractivity contribution is 4.39. The zero-order valence-electron chi connectivity index (χ0n) is 6.59. The maximum atomic E-state index is 10.8. The molecule has 0 fully saturated rings. The van der Waals surface area contributed by atoms with Gasteiger partial charge in [0.05, 0.1) is 7.11 Å². The highest BCUT2D eigenvalue weighted by Gasteiger charge is 2.22. The van der Waals surface area contributed by atoms with Gasteiger partial charge in [0.2, 0.25) is 6.93 Å². The summed E-state index contributed by atoms with van der Waals surface area (Å²) in [6.07, 6.45) is -4.69. The molecule has 0 bridgehead atoms. The van der Waals surface area contributed by atoms with Gasteiger partial charge in [-0.2, -0.15) is 18.1 Å². The molecule has 12 heavy (non-hydrogen) atoms. The van der Waals surface area contributed by atoms with Crippen LogP contribution < -0.4 is 0 Å². The van der Waals surface area contributed by atoms with Crippen LogP contribution in [0.1, 0.15) is 13.3 Å². The van der Waals surface area contributed by atoms with E-state index in [0.717, 1.165) is 14.0 Å². The first-order valence-electron chi connectivity index (χ1n) is 2.72. The van der Waals surface area contributed by atoms with Crippen molar-refractivity contribution in [1.29, 1.82) is 0 Å². The monoisotopic (exact) mass is 200 g/mol. The Hall–Kier alpha value is -0.460. The van der Waals surface area contributed by atoms with E-state index in [1.54, 1.807) is 0 Å². The lowest BCUT2D eigenvalue weighted by molar-refractivity contribution is -0.130. The molecule has 0 aliphatic carbocycles. The Morgan fingerprint density at radius 3 is 1.25 bits per heavy atom. The average Bonchev–Trinajstić information content (AvgIpc) is 1.90. The number of halogens is 6. The van der Waals surface area contributed by atoms with Crippen LogP contribution in [0.2, 0.25) is 0 Å². The first-order chi connectivity index (χ1) is 5.39. The standard InChI is InChI=1S/C3H5F3.CH2F2.CH3FO/c1-2-3(4,5)6;2-1-3;1-3-2/h2H2,1H3;1H2;1H3. The zero-order chi connectivity index (χ0) is 10.6. The third-order valence-electron chi connectivity index (χ3n) is 0.401. The Morgan fingerprint density at radius 1 is 1.17 bits per heavy atom. The summed E-state index contributed by atoms with van der Waals surface area (Å²) in [7, 11) is 0.958. The van der Waals surface area contributed by atoms with Gasteiger partial charge in [0.25, 0.3) is 0 Å². The second-order valence-electron chi connectivity index (χ2n) is 1.22. The SMILES string of the molecule is CCC(F)(F)F.COF.FCF. The quantitative estimate of drug-likeness (QED) is 0.545. The highest BCUT2D eigenvalue weighted by atomic mass is 19.4. The first kappa shape index (κ1) is 17.6. The minimum atomic E-state index is -3.96. The molecule has 0 saturated heterocycles. The van der Waals surface area contributed by atoms with Crippen LogP contribution in [0.4, 0.5) is 26.5 Å². The lowest BCUT2D eigenvalue weighted by Gasteiger charge is -1.96. The molecule has 0 unspecified atom stereocenters. The molecule has 0 radical (unpaired) electrons. The Morgan fingerprint density at radius 2 is 1.25 bits per heavy atom. The van der Waals surface area contributed by atoms with E-state index >= 15 is 0 Å². The van der Waals surface area contributed by atoms with E-state index in [0.29, 0.717) is 0 Å². The fraction of sp³-hybridized carbons (Fsp3) is 1.00. The molecule has 0 heterocycles. The van der Waals surface area contributed by atoms with Crippen molar-refractivity contribution in [3.63, 3.8) is 0 Å². The molecule has 0 aliphatic heterocycles. The smallest absolute Gasteiger partial charge is 0.214 e. The second kappa shape index (κ2) is 13.2. The van der Waals surface area contributed by atoms with Gasteiger partial charge in [-0.15, -0.1) is 0 Å². The highest BCUT2D eigenvalue weighted by Crippen LogP contribution is 2.17. The predicted molar refractivity (Wildman–Crippen MR) is 31.5 cm³/mol. The Labute approximate surface area is 66.2 Å². The Kier molecular flexibility index (Phi) is 19.3. The van der Waals surface area contributed by atoms with Crippen LogP contribution in [0, 0.1) is 0 Å². The summed E-state index contributed by atoms with van der Waals surface area (Å²) in [5.74, 6) is 0. The third kappa shape index (κ3) is 108. The zero-order valence-corrected chi connectivity index (χ0v) is 6.59. The van der Waals surface area contributed by atoms with E-state index < -0.39 is 19.5 Å². The molecule has 78 valence electrons. The van der Waals surface area contributed by atoms with Crippen molar-refractivity contribution in [2.75, 3.05) is 14.0 Å². The van der Waals surface area contributed by atoms with Crippen molar-refractivity contribution >= 4 is 0 Å². The van der Waals surface area contributed by atoms with Crippen molar-refractivity contribution in [3.05, 3.63) is 0 Å². The average molecular weight is 200 g/mol. The van der Waals surface area contributed by atoms with Crippen LogP contribution in [-0.4, -0.2) is 20.2 Å². The number of hydrogen-bond acceptors (Lipinski definition) is 1. The number of hydrogen-bond donors (Lipinski definition) is 0. The second-order valence-corrected chi connectivity index (χ2v) is 1.22.